The van der Waals surface area contributed by atoms with Gasteiger partial charge in [-0.05, 0) is 68.6 Å². The fourth-order valence-electron chi connectivity index (χ4n) is 4.52. The summed E-state index contributed by atoms with van der Waals surface area (Å²) in [5, 5.41) is 11.8. The number of nitrogens with zero attached hydrogens (tertiary/aromatic N) is 3. The van der Waals surface area contributed by atoms with E-state index in [0.717, 1.165) is 46.7 Å². The van der Waals surface area contributed by atoms with Crippen LogP contribution >= 0.6 is 0 Å². The molecule has 8 heteroatoms. The van der Waals surface area contributed by atoms with Crippen LogP contribution in [0.25, 0.3) is 22.0 Å². The molecule has 4 rings (SSSR count). The van der Waals surface area contributed by atoms with Gasteiger partial charge in [-0.25, -0.2) is 9.78 Å². The lowest BCUT2D eigenvalue weighted by atomic mass is 10.0. The third-order valence-electron chi connectivity index (χ3n) is 6.40. The molecule has 0 bridgehead atoms. The van der Waals surface area contributed by atoms with Crippen molar-refractivity contribution in [1.82, 2.24) is 14.5 Å². The normalized spacial score (nSPS) is 16.6. The Morgan fingerprint density at radius 2 is 1.86 bits per heavy atom. The molecule has 1 unspecified atom stereocenters. The second kappa shape index (κ2) is 10.3. The number of carbonyl (C=O) groups excluding carboxylic acids is 1. The van der Waals surface area contributed by atoms with Gasteiger partial charge >= 0.3 is 6.09 Å². The molecule has 1 saturated heterocycles. The average molecular weight is 510 g/mol. The first-order valence-corrected chi connectivity index (χ1v) is 16.5. The number of aromatic hydroxyl groups is 1. The molecule has 1 aliphatic heterocycles. The van der Waals surface area contributed by atoms with Gasteiger partial charge in [0.1, 0.15) is 23.9 Å². The van der Waals surface area contributed by atoms with E-state index in [0.29, 0.717) is 19.9 Å². The molecule has 2 heterocycles. The number of phenols is 1. The van der Waals surface area contributed by atoms with Crippen LogP contribution in [0.1, 0.15) is 45.5 Å². The number of hydrogen-bond donors (Lipinski definition) is 1. The molecule has 36 heavy (non-hydrogen) atoms. The molecule has 1 aromatic heterocycles. The van der Waals surface area contributed by atoms with Crippen LogP contribution in [-0.4, -0.2) is 52.5 Å². The summed E-state index contributed by atoms with van der Waals surface area (Å²) in [6.45, 7) is 14.4. The number of benzene rings is 2. The number of rotatable bonds is 7. The van der Waals surface area contributed by atoms with Crippen LogP contribution in [0.4, 0.5) is 4.79 Å². The molecule has 2 aromatic carbocycles. The standard InChI is InChI=1S/C28H39N3O4Si/c1-28(2,3)35-27(33)30-13-7-8-24(30)26-29-18-25(31(26)19-34-14-15-36(4,5)6)22-10-9-21-17-23(32)12-11-20(21)16-22/h9-12,16-18,24,32H,7-8,13-15,19H2,1-6H3. The fourth-order valence-corrected chi connectivity index (χ4v) is 5.28. The number of imidazole rings is 1. The number of ether oxygens (including phenoxy) is 2. The molecular formula is C28H39N3O4Si. The maximum atomic E-state index is 13.0. The summed E-state index contributed by atoms with van der Waals surface area (Å²) in [4.78, 5) is 19.6. The van der Waals surface area contributed by atoms with E-state index in [1.165, 1.54) is 0 Å². The third-order valence-corrected chi connectivity index (χ3v) is 8.11. The van der Waals surface area contributed by atoms with Gasteiger partial charge in [0.25, 0.3) is 0 Å². The Hall–Kier alpha value is -2.84. The van der Waals surface area contributed by atoms with Gasteiger partial charge in [0, 0.05) is 26.8 Å². The van der Waals surface area contributed by atoms with Gasteiger partial charge in [-0.2, -0.15) is 0 Å². The van der Waals surface area contributed by atoms with Crippen LogP contribution in [0, 0.1) is 0 Å². The van der Waals surface area contributed by atoms with Crippen molar-refractivity contribution in [1.29, 1.82) is 0 Å². The molecule has 0 saturated carbocycles. The number of hydrogen-bond acceptors (Lipinski definition) is 5. The van der Waals surface area contributed by atoms with Gasteiger partial charge in [-0.1, -0.05) is 37.8 Å². The molecule has 1 atom stereocenters. The van der Waals surface area contributed by atoms with Crippen molar-refractivity contribution in [3.63, 3.8) is 0 Å². The third kappa shape index (κ3) is 6.28. The Kier molecular flexibility index (Phi) is 7.48. The summed E-state index contributed by atoms with van der Waals surface area (Å²) < 4.78 is 14.0. The molecule has 7 nitrogen and oxygen atoms in total. The predicted octanol–water partition coefficient (Wildman–Crippen LogP) is 6.79. The van der Waals surface area contributed by atoms with E-state index in [4.69, 9.17) is 14.5 Å². The summed E-state index contributed by atoms with van der Waals surface area (Å²) in [5.74, 6) is 1.08. The molecule has 0 radical (unpaired) electrons. The van der Waals surface area contributed by atoms with E-state index in [1.54, 1.807) is 17.0 Å². The molecule has 0 aliphatic carbocycles. The average Bonchev–Trinajstić information content (AvgIpc) is 3.41. The highest BCUT2D eigenvalue weighted by molar-refractivity contribution is 6.76. The first-order chi connectivity index (χ1) is 16.9. The lowest BCUT2D eigenvalue weighted by Gasteiger charge is -2.29. The van der Waals surface area contributed by atoms with Crippen LogP contribution in [0.5, 0.6) is 5.75 Å². The van der Waals surface area contributed by atoms with Gasteiger partial charge in [0.05, 0.1) is 17.9 Å². The van der Waals surface area contributed by atoms with Crippen LogP contribution in [-0.2, 0) is 16.2 Å². The highest BCUT2D eigenvalue weighted by Crippen LogP contribution is 2.36. The number of carbonyl (C=O) groups is 1. The minimum Gasteiger partial charge on any atom is -0.508 e. The van der Waals surface area contributed by atoms with Crippen molar-refractivity contribution < 1.29 is 19.4 Å². The van der Waals surface area contributed by atoms with E-state index in [2.05, 4.69) is 30.3 Å². The van der Waals surface area contributed by atoms with Crippen molar-refractivity contribution in [2.75, 3.05) is 13.2 Å². The number of aromatic nitrogens is 2. The summed E-state index contributed by atoms with van der Waals surface area (Å²) >= 11 is 0. The zero-order valence-corrected chi connectivity index (χ0v) is 23.4. The van der Waals surface area contributed by atoms with E-state index < -0.39 is 13.7 Å². The Bertz CT molecular complexity index is 1230. The van der Waals surface area contributed by atoms with Gasteiger partial charge in [-0.3, -0.25) is 4.90 Å². The van der Waals surface area contributed by atoms with Crippen LogP contribution in [0.2, 0.25) is 25.7 Å². The molecule has 1 amide bonds. The Morgan fingerprint density at radius 3 is 2.58 bits per heavy atom. The predicted molar refractivity (Wildman–Crippen MR) is 146 cm³/mol. The largest absolute Gasteiger partial charge is 0.508 e. The molecule has 1 aliphatic rings. The van der Waals surface area contributed by atoms with Gasteiger partial charge in [0.15, 0.2) is 0 Å². The second-order valence-corrected chi connectivity index (χ2v) is 17.5. The highest BCUT2D eigenvalue weighted by Gasteiger charge is 2.36. The molecule has 1 fully saturated rings. The smallest absolute Gasteiger partial charge is 0.410 e. The van der Waals surface area contributed by atoms with Gasteiger partial charge < -0.3 is 19.1 Å². The quantitative estimate of drug-likeness (QED) is 0.280. The minimum atomic E-state index is -1.22. The second-order valence-electron chi connectivity index (χ2n) is 11.9. The summed E-state index contributed by atoms with van der Waals surface area (Å²) in [6.07, 6.45) is 3.32. The highest BCUT2D eigenvalue weighted by atomic mass is 28.3. The Balaban J connectivity index is 1.68. The minimum absolute atomic E-state index is 0.161. The van der Waals surface area contributed by atoms with Crippen LogP contribution < -0.4 is 0 Å². The monoisotopic (exact) mass is 509 g/mol. The van der Waals surface area contributed by atoms with E-state index in [9.17, 15) is 9.90 Å². The van der Waals surface area contributed by atoms with E-state index >= 15 is 0 Å². The molecule has 3 aromatic rings. The topological polar surface area (TPSA) is 76.8 Å². The molecule has 194 valence electrons. The zero-order valence-electron chi connectivity index (χ0n) is 22.4. The Labute approximate surface area is 215 Å². The number of amides is 1. The lowest BCUT2D eigenvalue weighted by Crippen LogP contribution is -2.37. The van der Waals surface area contributed by atoms with Crippen molar-refractivity contribution in [2.24, 2.45) is 0 Å². The lowest BCUT2D eigenvalue weighted by molar-refractivity contribution is 0.0204. The number of likely N-dealkylation sites (tertiary alicyclic amines) is 1. The Morgan fingerprint density at radius 1 is 1.14 bits per heavy atom. The first-order valence-electron chi connectivity index (χ1n) is 12.8. The molecular weight excluding hydrogens is 470 g/mol. The van der Waals surface area contributed by atoms with Crippen molar-refractivity contribution in [2.45, 2.75) is 77.7 Å². The summed E-state index contributed by atoms with van der Waals surface area (Å²) in [5.41, 5.74) is 1.41. The van der Waals surface area contributed by atoms with E-state index in [1.807, 2.05) is 45.2 Å². The van der Waals surface area contributed by atoms with Gasteiger partial charge in [-0.15, -0.1) is 0 Å². The van der Waals surface area contributed by atoms with Crippen LogP contribution in [0.15, 0.2) is 42.6 Å². The number of fused-ring (bicyclic) bond motifs is 1. The van der Waals surface area contributed by atoms with Crippen molar-refractivity contribution >= 4 is 24.9 Å². The van der Waals surface area contributed by atoms with Crippen LogP contribution in [0.3, 0.4) is 0 Å². The van der Waals surface area contributed by atoms with Gasteiger partial charge in [0.2, 0.25) is 0 Å². The maximum Gasteiger partial charge on any atom is 0.410 e. The molecule has 0 spiro atoms. The maximum absolute atomic E-state index is 13.0. The fraction of sp³-hybridized carbons (Fsp3) is 0.500. The van der Waals surface area contributed by atoms with Crippen molar-refractivity contribution in [3.05, 3.63) is 48.4 Å². The first kappa shape index (κ1) is 26.2. The summed E-state index contributed by atoms with van der Waals surface area (Å²) in [6, 6.07) is 12.5. The molecule has 1 N–H and O–H groups in total. The summed E-state index contributed by atoms with van der Waals surface area (Å²) in [7, 11) is -1.22. The van der Waals surface area contributed by atoms with Crippen molar-refractivity contribution in [3.8, 4) is 17.0 Å². The SMILES string of the molecule is CC(C)(C)OC(=O)N1CCCC1c1ncc(-c2ccc3cc(O)ccc3c2)n1COCC[Si](C)(C)C. The zero-order chi connectivity index (χ0) is 26.1. The van der Waals surface area contributed by atoms with E-state index in [-0.39, 0.29) is 17.9 Å². The number of phenolic OH excluding ortho intramolecular Hbond substituents is 1.